The maximum absolute atomic E-state index is 12.4. The standard InChI is InChI=1S/C20H24N2O.ClH/c23-20(15-17-10-12-21-13-11-17)22-19-9-5-4-8-18(19)14-16-6-2-1-3-7-16;/h1-9,17,21H,10-15H2,(H,22,23);1H. The SMILES string of the molecule is Cl.O=C(CC1CCNCC1)Nc1ccccc1Cc1ccccc1. The summed E-state index contributed by atoms with van der Waals surface area (Å²) in [5.74, 6) is 0.648. The van der Waals surface area contributed by atoms with Gasteiger partial charge in [-0.3, -0.25) is 4.79 Å². The Bertz CT molecular complexity index is 639. The van der Waals surface area contributed by atoms with Crippen molar-refractivity contribution in [2.45, 2.75) is 25.7 Å². The van der Waals surface area contributed by atoms with E-state index in [0.29, 0.717) is 12.3 Å². The molecule has 2 N–H and O–H groups in total. The highest BCUT2D eigenvalue weighted by atomic mass is 35.5. The zero-order chi connectivity index (χ0) is 15.9. The number of amides is 1. The molecule has 128 valence electrons. The third-order valence-corrected chi connectivity index (χ3v) is 4.46. The smallest absolute Gasteiger partial charge is 0.224 e. The predicted octanol–water partition coefficient (Wildman–Crippen LogP) is 4.03. The molecule has 0 aromatic heterocycles. The van der Waals surface area contributed by atoms with Gasteiger partial charge in [-0.1, -0.05) is 48.5 Å². The summed E-state index contributed by atoms with van der Waals surface area (Å²) in [5.41, 5.74) is 3.36. The second kappa shape index (κ2) is 9.45. The van der Waals surface area contributed by atoms with Crippen LogP contribution in [0.3, 0.4) is 0 Å². The fourth-order valence-corrected chi connectivity index (χ4v) is 3.16. The Morgan fingerprint density at radius 2 is 1.67 bits per heavy atom. The molecule has 3 rings (SSSR count). The molecule has 0 radical (unpaired) electrons. The van der Waals surface area contributed by atoms with Crippen molar-refractivity contribution in [1.29, 1.82) is 0 Å². The van der Waals surface area contributed by atoms with Crippen LogP contribution in [0.25, 0.3) is 0 Å². The van der Waals surface area contributed by atoms with Crippen LogP contribution in [0, 0.1) is 5.92 Å². The van der Waals surface area contributed by atoms with Crippen LogP contribution in [-0.4, -0.2) is 19.0 Å². The van der Waals surface area contributed by atoms with Gasteiger partial charge in [-0.25, -0.2) is 0 Å². The molecule has 0 saturated carbocycles. The normalized spacial score (nSPS) is 14.7. The summed E-state index contributed by atoms with van der Waals surface area (Å²) in [5, 5.41) is 6.46. The molecule has 0 bridgehead atoms. The van der Waals surface area contributed by atoms with E-state index in [1.807, 2.05) is 36.4 Å². The minimum atomic E-state index is 0. The highest BCUT2D eigenvalue weighted by Gasteiger charge is 2.17. The highest BCUT2D eigenvalue weighted by molar-refractivity contribution is 5.91. The first-order chi connectivity index (χ1) is 11.3. The van der Waals surface area contributed by atoms with Crippen molar-refractivity contribution in [3.8, 4) is 0 Å². The lowest BCUT2D eigenvalue weighted by atomic mass is 9.94. The van der Waals surface area contributed by atoms with Gasteiger partial charge in [-0.2, -0.15) is 0 Å². The topological polar surface area (TPSA) is 41.1 Å². The Morgan fingerprint density at radius 3 is 2.42 bits per heavy atom. The molecule has 24 heavy (non-hydrogen) atoms. The van der Waals surface area contributed by atoms with Crippen molar-refractivity contribution in [2.75, 3.05) is 18.4 Å². The lowest BCUT2D eigenvalue weighted by Gasteiger charge is -2.22. The van der Waals surface area contributed by atoms with Crippen LogP contribution in [0.15, 0.2) is 54.6 Å². The fraction of sp³-hybridized carbons (Fsp3) is 0.350. The lowest BCUT2D eigenvalue weighted by Crippen LogP contribution is -2.30. The third-order valence-electron chi connectivity index (χ3n) is 4.46. The first-order valence-corrected chi connectivity index (χ1v) is 8.43. The van der Waals surface area contributed by atoms with Crippen LogP contribution < -0.4 is 10.6 Å². The fourth-order valence-electron chi connectivity index (χ4n) is 3.16. The van der Waals surface area contributed by atoms with Crippen molar-refractivity contribution in [3.63, 3.8) is 0 Å². The summed E-state index contributed by atoms with van der Waals surface area (Å²) in [6, 6.07) is 18.5. The van der Waals surface area contributed by atoms with Gasteiger partial charge >= 0.3 is 0 Å². The Balaban J connectivity index is 0.00000208. The van der Waals surface area contributed by atoms with Gasteiger partial charge in [-0.15, -0.1) is 12.4 Å². The van der Waals surface area contributed by atoms with Crippen LogP contribution >= 0.6 is 12.4 Å². The molecule has 0 aliphatic carbocycles. The van der Waals surface area contributed by atoms with Crippen LogP contribution in [-0.2, 0) is 11.2 Å². The molecule has 0 unspecified atom stereocenters. The van der Waals surface area contributed by atoms with Crippen LogP contribution in [0.1, 0.15) is 30.4 Å². The molecular weight excluding hydrogens is 320 g/mol. The molecular formula is C20H25ClN2O. The quantitative estimate of drug-likeness (QED) is 0.859. The van der Waals surface area contributed by atoms with Crippen LogP contribution in [0.5, 0.6) is 0 Å². The number of halogens is 1. The molecule has 2 aromatic carbocycles. The molecule has 1 aliphatic rings. The van der Waals surface area contributed by atoms with E-state index < -0.39 is 0 Å². The molecule has 0 spiro atoms. The Morgan fingerprint density at radius 1 is 1.00 bits per heavy atom. The maximum Gasteiger partial charge on any atom is 0.224 e. The molecule has 3 nitrogen and oxygen atoms in total. The maximum atomic E-state index is 12.4. The summed E-state index contributed by atoms with van der Waals surface area (Å²) in [6.07, 6.45) is 3.66. The predicted molar refractivity (Wildman–Crippen MR) is 102 cm³/mol. The van der Waals surface area contributed by atoms with Crippen molar-refractivity contribution >= 4 is 24.0 Å². The average molecular weight is 345 g/mol. The van der Waals surface area contributed by atoms with E-state index in [9.17, 15) is 4.79 Å². The molecule has 2 aromatic rings. The first kappa shape index (κ1) is 18.5. The summed E-state index contributed by atoms with van der Waals surface area (Å²) >= 11 is 0. The number of carbonyl (C=O) groups excluding carboxylic acids is 1. The summed E-state index contributed by atoms with van der Waals surface area (Å²) in [7, 11) is 0. The second-order valence-corrected chi connectivity index (χ2v) is 6.27. The average Bonchev–Trinajstić information content (AvgIpc) is 2.58. The van der Waals surface area contributed by atoms with E-state index >= 15 is 0 Å². The number of benzene rings is 2. The number of nitrogens with one attached hydrogen (secondary N) is 2. The van der Waals surface area contributed by atoms with Gasteiger partial charge in [0.25, 0.3) is 0 Å². The van der Waals surface area contributed by atoms with Gasteiger partial charge < -0.3 is 10.6 Å². The van der Waals surface area contributed by atoms with Gasteiger partial charge in [-0.05, 0) is 55.5 Å². The van der Waals surface area contributed by atoms with Gasteiger partial charge in [0.1, 0.15) is 0 Å². The lowest BCUT2D eigenvalue weighted by molar-refractivity contribution is -0.117. The molecule has 1 saturated heterocycles. The summed E-state index contributed by atoms with van der Waals surface area (Å²) in [6.45, 7) is 2.06. The number of para-hydroxylation sites is 1. The Labute approximate surface area is 150 Å². The second-order valence-electron chi connectivity index (χ2n) is 6.27. The Hall–Kier alpha value is -1.84. The minimum absolute atomic E-state index is 0. The minimum Gasteiger partial charge on any atom is -0.326 e. The number of carbonyl (C=O) groups is 1. The number of rotatable bonds is 5. The van der Waals surface area contributed by atoms with Crippen molar-refractivity contribution < 1.29 is 4.79 Å². The van der Waals surface area contributed by atoms with E-state index in [2.05, 4.69) is 28.8 Å². The monoisotopic (exact) mass is 344 g/mol. The van der Waals surface area contributed by atoms with E-state index in [4.69, 9.17) is 0 Å². The number of anilines is 1. The van der Waals surface area contributed by atoms with Gasteiger partial charge in [0.2, 0.25) is 5.91 Å². The third kappa shape index (κ3) is 5.36. The largest absolute Gasteiger partial charge is 0.326 e. The van der Waals surface area contributed by atoms with E-state index in [-0.39, 0.29) is 18.3 Å². The zero-order valence-corrected chi connectivity index (χ0v) is 14.6. The van der Waals surface area contributed by atoms with Gasteiger partial charge in [0.15, 0.2) is 0 Å². The number of piperidine rings is 1. The van der Waals surface area contributed by atoms with Crippen LogP contribution in [0.4, 0.5) is 5.69 Å². The van der Waals surface area contributed by atoms with Crippen molar-refractivity contribution in [3.05, 3.63) is 65.7 Å². The molecule has 0 atom stereocenters. The van der Waals surface area contributed by atoms with Crippen LogP contribution in [0.2, 0.25) is 0 Å². The Kier molecular flexibility index (Phi) is 7.29. The molecule has 1 fully saturated rings. The van der Waals surface area contributed by atoms with Crippen molar-refractivity contribution in [1.82, 2.24) is 5.32 Å². The molecule has 1 aliphatic heterocycles. The van der Waals surface area contributed by atoms with E-state index in [1.165, 1.54) is 5.56 Å². The van der Waals surface area contributed by atoms with Gasteiger partial charge in [0, 0.05) is 12.1 Å². The first-order valence-electron chi connectivity index (χ1n) is 8.43. The zero-order valence-electron chi connectivity index (χ0n) is 13.8. The van der Waals surface area contributed by atoms with Gasteiger partial charge in [0.05, 0.1) is 0 Å². The highest BCUT2D eigenvalue weighted by Crippen LogP contribution is 2.21. The molecule has 4 heteroatoms. The van der Waals surface area contributed by atoms with Crippen molar-refractivity contribution in [2.24, 2.45) is 5.92 Å². The summed E-state index contributed by atoms with van der Waals surface area (Å²) < 4.78 is 0. The number of hydrogen-bond donors (Lipinski definition) is 2. The van der Waals surface area contributed by atoms with E-state index in [1.54, 1.807) is 0 Å². The summed E-state index contributed by atoms with van der Waals surface area (Å²) in [4.78, 5) is 12.4. The number of hydrogen-bond acceptors (Lipinski definition) is 2. The van der Waals surface area contributed by atoms with E-state index in [0.717, 1.165) is 43.6 Å². The molecule has 1 amide bonds. The molecule has 1 heterocycles.